The van der Waals surface area contributed by atoms with Gasteiger partial charge in [-0.1, -0.05) is 19.9 Å². The Kier molecular flexibility index (Phi) is 4.83. The number of hydrogen-bond acceptors (Lipinski definition) is 3. The monoisotopic (exact) mass is 287 g/mol. The molecule has 2 nitrogen and oxygen atoms in total. The van der Waals surface area contributed by atoms with Crippen LogP contribution in [0, 0.1) is 0 Å². The van der Waals surface area contributed by atoms with Crippen molar-refractivity contribution in [3.8, 4) is 0 Å². The van der Waals surface area contributed by atoms with Gasteiger partial charge in [0.1, 0.15) is 0 Å². The SMILES string of the molecule is CC(C)Sc1ccc(C(=O)CN)cc1Br. The van der Waals surface area contributed by atoms with Gasteiger partial charge in [-0.2, -0.15) is 0 Å². The molecule has 0 radical (unpaired) electrons. The molecule has 1 aromatic carbocycles. The molecule has 0 aliphatic rings. The van der Waals surface area contributed by atoms with Gasteiger partial charge >= 0.3 is 0 Å². The molecule has 0 saturated heterocycles. The second kappa shape index (κ2) is 5.68. The number of thioether (sulfide) groups is 1. The van der Waals surface area contributed by atoms with E-state index in [9.17, 15) is 4.79 Å². The summed E-state index contributed by atoms with van der Waals surface area (Å²) in [4.78, 5) is 12.5. The van der Waals surface area contributed by atoms with E-state index in [0.29, 0.717) is 10.8 Å². The fourth-order valence-electron chi connectivity index (χ4n) is 1.14. The number of Topliss-reactive ketones (excluding diaryl/α,β-unsaturated/α-hetero) is 1. The van der Waals surface area contributed by atoms with Crippen LogP contribution in [-0.4, -0.2) is 17.6 Å². The molecule has 1 aromatic rings. The first-order valence-corrected chi connectivity index (χ1v) is 6.41. The van der Waals surface area contributed by atoms with Crippen LogP contribution in [0.25, 0.3) is 0 Å². The van der Waals surface area contributed by atoms with E-state index < -0.39 is 0 Å². The van der Waals surface area contributed by atoms with Crippen LogP contribution >= 0.6 is 27.7 Å². The highest BCUT2D eigenvalue weighted by atomic mass is 79.9. The summed E-state index contributed by atoms with van der Waals surface area (Å²) in [5, 5.41) is 0.525. The maximum Gasteiger partial charge on any atom is 0.176 e. The molecule has 0 atom stereocenters. The van der Waals surface area contributed by atoms with Crippen LogP contribution in [0.1, 0.15) is 24.2 Å². The number of nitrogens with two attached hydrogens (primary N) is 1. The van der Waals surface area contributed by atoms with Gasteiger partial charge in [-0.3, -0.25) is 4.79 Å². The Labute approximate surface area is 103 Å². The van der Waals surface area contributed by atoms with E-state index in [0.717, 1.165) is 9.37 Å². The first-order valence-electron chi connectivity index (χ1n) is 4.74. The zero-order valence-electron chi connectivity index (χ0n) is 8.79. The molecule has 0 aromatic heterocycles. The van der Waals surface area contributed by atoms with Gasteiger partial charge in [-0.15, -0.1) is 11.8 Å². The Morgan fingerprint density at radius 1 is 1.53 bits per heavy atom. The van der Waals surface area contributed by atoms with Crippen LogP contribution in [0.5, 0.6) is 0 Å². The third kappa shape index (κ3) is 3.63. The second-order valence-electron chi connectivity index (χ2n) is 3.44. The van der Waals surface area contributed by atoms with Gasteiger partial charge in [0.25, 0.3) is 0 Å². The highest BCUT2D eigenvalue weighted by Crippen LogP contribution is 2.31. The average molecular weight is 288 g/mol. The lowest BCUT2D eigenvalue weighted by Crippen LogP contribution is -2.13. The summed E-state index contributed by atoms with van der Waals surface area (Å²) in [6, 6.07) is 5.61. The molecule has 15 heavy (non-hydrogen) atoms. The van der Waals surface area contributed by atoms with E-state index in [1.54, 1.807) is 11.8 Å². The highest BCUT2D eigenvalue weighted by Gasteiger charge is 2.08. The molecule has 0 amide bonds. The van der Waals surface area contributed by atoms with Crippen molar-refractivity contribution in [3.63, 3.8) is 0 Å². The first kappa shape index (κ1) is 12.7. The van der Waals surface area contributed by atoms with Crippen molar-refractivity contribution < 1.29 is 4.79 Å². The maximum atomic E-state index is 11.3. The Morgan fingerprint density at radius 3 is 2.67 bits per heavy atom. The van der Waals surface area contributed by atoms with E-state index >= 15 is 0 Å². The summed E-state index contributed by atoms with van der Waals surface area (Å²) in [6.07, 6.45) is 0. The summed E-state index contributed by atoms with van der Waals surface area (Å²) >= 11 is 5.22. The summed E-state index contributed by atoms with van der Waals surface area (Å²) in [5.74, 6) is -0.0307. The summed E-state index contributed by atoms with van der Waals surface area (Å²) in [6.45, 7) is 4.33. The molecule has 4 heteroatoms. The molecule has 0 unspecified atom stereocenters. The Morgan fingerprint density at radius 2 is 2.20 bits per heavy atom. The van der Waals surface area contributed by atoms with Gasteiger partial charge in [0, 0.05) is 20.2 Å². The molecular weight excluding hydrogens is 274 g/mol. The van der Waals surface area contributed by atoms with Crippen LogP contribution in [0.15, 0.2) is 27.6 Å². The molecule has 0 saturated carbocycles. The smallest absolute Gasteiger partial charge is 0.176 e. The fourth-order valence-corrected chi connectivity index (χ4v) is 2.63. The van der Waals surface area contributed by atoms with E-state index in [1.165, 1.54) is 0 Å². The van der Waals surface area contributed by atoms with Gasteiger partial charge in [0.05, 0.1) is 6.54 Å². The van der Waals surface area contributed by atoms with Gasteiger partial charge in [-0.05, 0) is 28.1 Å². The van der Waals surface area contributed by atoms with Crippen molar-refractivity contribution in [2.75, 3.05) is 6.54 Å². The second-order valence-corrected chi connectivity index (χ2v) is 5.91. The quantitative estimate of drug-likeness (QED) is 0.684. The lowest BCUT2D eigenvalue weighted by atomic mass is 10.1. The molecule has 0 heterocycles. The third-order valence-electron chi connectivity index (χ3n) is 1.80. The summed E-state index contributed by atoms with van der Waals surface area (Å²) in [7, 11) is 0. The van der Waals surface area contributed by atoms with Crippen molar-refractivity contribution in [2.45, 2.75) is 24.0 Å². The average Bonchev–Trinajstić information content (AvgIpc) is 2.19. The minimum Gasteiger partial charge on any atom is -0.324 e. The molecule has 0 aliphatic carbocycles. The van der Waals surface area contributed by atoms with Gasteiger partial charge in [0.2, 0.25) is 0 Å². The number of halogens is 1. The van der Waals surface area contributed by atoms with Crippen molar-refractivity contribution in [1.29, 1.82) is 0 Å². The highest BCUT2D eigenvalue weighted by molar-refractivity contribution is 9.10. The van der Waals surface area contributed by atoms with Crippen LogP contribution in [0.3, 0.4) is 0 Å². The van der Waals surface area contributed by atoms with Crippen molar-refractivity contribution in [1.82, 2.24) is 0 Å². The molecule has 1 rings (SSSR count). The predicted octanol–water partition coefficient (Wildman–Crippen LogP) is 3.09. The van der Waals surface area contributed by atoms with Crippen LogP contribution < -0.4 is 5.73 Å². The van der Waals surface area contributed by atoms with Crippen LogP contribution in [-0.2, 0) is 0 Å². The lowest BCUT2D eigenvalue weighted by molar-refractivity contribution is 0.100. The molecule has 0 aliphatic heterocycles. The van der Waals surface area contributed by atoms with E-state index in [1.807, 2.05) is 18.2 Å². The lowest BCUT2D eigenvalue weighted by Gasteiger charge is -2.08. The van der Waals surface area contributed by atoms with E-state index in [4.69, 9.17) is 5.73 Å². The standard InChI is InChI=1S/C11H14BrNOS/c1-7(2)15-11-4-3-8(5-9(11)12)10(14)6-13/h3-5,7H,6,13H2,1-2H3. The van der Waals surface area contributed by atoms with Gasteiger partial charge in [0.15, 0.2) is 5.78 Å². The predicted molar refractivity (Wildman–Crippen MR) is 68.5 cm³/mol. The molecule has 0 fully saturated rings. The number of hydrogen-bond donors (Lipinski definition) is 1. The third-order valence-corrected chi connectivity index (χ3v) is 3.80. The Bertz CT molecular complexity index is 366. The molecular formula is C11H14BrNOS. The minimum absolute atomic E-state index is 0.0307. The van der Waals surface area contributed by atoms with Crippen LogP contribution in [0.2, 0.25) is 0 Å². The number of ketones is 1. The number of carbonyl (C=O) groups is 1. The summed E-state index contributed by atoms with van der Waals surface area (Å²) in [5.41, 5.74) is 5.97. The topological polar surface area (TPSA) is 43.1 Å². The Hall–Kier alpha value is -0.320. The summed E-state index contributed by atoms with van der Waals surface area (Å²) < 4.78 is 0.959. The first-order chi connectivity index (χ1) is 7.04. The molecule has 0 spiro atoms. The zero-order chi connectivity index (χ0) is 11.4. The zero-order valence-corrected chi connectivity index (χ0v) is 11.2. The largest absolute Gasteiger partial charge is 0.324 e. The van der Waals surface area contributed by atoms with Crippen molar-refractivity contribution in [2.24, 2.45) is 5.73 Å². The maximum absolute atomic E-state index is 11.3. The number of carbonyl (C=O) groups excluding carboxylic acids is 1. The van der Waals surface area contributed by atoms with Gasteiger partial charge < -0.3 is 5.73 Å². The fraction of sp³-hybridized carbons (Fsp3) is 0.364. The van der Waals surface area contributed by atoms with E-state index in [-0.39, 0.29) is 12.3 Å². The number of rotatable bonds is 4. The molecule has 2 N–H and O–H groups in total. The minimum atomic E-state index is -0.0307. The van der Waals surface area contributed by atoms with E-state index in [2.05, 4.69) is 29.8 Å². The molecule has 0 bridgehead atoms. The molecule has 82 valence electrons. The van der Waals surface area contributed by atoms with Gasteiger partial charge in [-0.25, -0.2) is 0 Å². The van der Waals surface area contributed by atoms with Crippen LogP contribution in [0.4, 0.5) is 0 Å². The normalized spacial score (nSPS) is 10.7. The Balaban J connectivity index is 2.93. The van der Waals surface area contributed by atoms with Crippen molar-refractivity contribution >= 4 is 33.5 Å². The number of benzene rings is 1. The van der Waals surface area contributed by atoms with Crippen molar-refractivity contribution in [3.05, 3.63) is 28.2 Å².